The quantitative estimate of drug-likeness (QED) is 0.194. The summed E-state index contributed by atoms with van der Waals surface area (Å²) in [6, 6.07) is 12.6. The fraction of sp³-hybridized carbons (Fsp3) is 0.296. The van der Waals surface area contributed by atoms with Gasteiger partial charge in [-0.1, -0.05) is 37.4 Å². The molecule has 2 aromatic carbocycles. The van der Waals surface area contributed by atoms with Crippen LogP contribution >= 0.6 is 0 Å². The van der Waals surface area contributed by atoms with Gasteiger partial charge in [0.2, 0.25) is 0 Å². The first-order chi connectivity index (χ1) is 16.2. The van der Waals surface area contributed by atoms with Crippen LogP contribution in [-0.2, 0) is 30.2 Å². The van der Waals surface area contributed by atoms with Crippen LogP contribution in [0.5, 0.6) is 5.75 Å². The molecule has 7 heteroatoms. The van der Waals surface area contributed by atoms with E-state index in [-0.39, 0.29) is 18.8 Å². The van der Waals surface area contributed by atoms with Crippen molar-refractivity contribution in [1.29, 1.82) is 0 Å². The SMILES string of the molecule is C=C(C)C(=O)OCCOC(=O)c1ccc(-c2ccc(OC(=O)C(=C)C)cc2)cc1CCCOC. The summed E-state index contributed by atoms with van der Waals surface area (Å²) in [6.07, 6.45) is 1.34. The lowest BCUT2D eigenvalue weighted by atomic mass is 9.96. The molecule has 0 aromatic heterocycles. The highest BCUT2D eigenvalue weighted by molar-refractivity contribution is 5.92. The van der Waals surface area contributed by atoms with Crippen molar-refractivity contribution in [2.75, 3.05) is 26.9 Å². The highest BCUT2D eigenvalue weighted by Crippen LogP contribution is 2.26. The van der Waals surface area contributed by atoms with Crippen LogP contribution in [-0.4, -0.2) is 44.8 Å². The normalized spacial score (nSPS) is 10.3. The van der Waals surface area contributed by atoms with Crippen LogP contribution < -0.4 is 4.74 Å². The van der Waals surface area contributed by atoms with Crippen molar-refractivity contribution < 1.29 is 33.3 Å². The minimum absolute atomic E-state index is 0.0448. The fourth-order valence-corrected chi connectivity index (χ4v) is 2.97. The van der Waals surface area contributed by atoms with Crippen LogP contribution in [0.2, 0.25) is 0 Å². The second kappa shape index (κ2) is 13.1. The van der Waals surface area contributed by atoms with E-state index in [1.165, 1.54) is 0 Å². The number of hydrogen-bond acceptors (Lipinski definition) is 7. The van der Waals surface area contributed by atoms with Gasteiger partial charge in [0.15, 0.2) is 0 Å². The number of benzene rings is 2. The number of rotatable bonds is 12. The number of esters is 3. The zero-order chi connectivity index (χ0) is 25.1. The molecule has 0 unspecified atom stereocenters. The van der Waals surface area contributed by atoms with Crippen molar-refractivity contribution in [2.24, 2.45) is 0 Å². The molecule has 180 valence electrons. The van der Waals surface area contributed by atoms with Crippen LogP contribution in [0, 0.1) is 0 Å². The molecule has 34 heavy (non-hydrogen) atoms. The van der Waals surface area contributed by atoms with Crippen molar-refractivity contribution in [1.82, 2.24) is 0 Å². The van der Waals surface area contributed by atoms with Gasteiger partial charge in [-0.05, 0) is 61.6 Å². The van der Waals surface area contributed by atoms with E-state index in [2.05, 4.69) is 13.2 Å². The number of carbonyl (C=O) groups excluding carboxylic acids is 3. The number of ether oxygens (including phenoxy) is 4. The molecule has 2 rings (SSSR count). The summed E-state index contributed by atoms with van der Waals surface area (Å²) in [6.45, 7) is 10.7. The molecule has 0 saturated carbocycles. The molecule has 0 aliphatic rings. The number of methoxy groups -OCH3 is 1. The van der Waals surface area contributed by atoms with Gasteiger partial charge in [0.1, 0.15) is 19.0 Å². The van der Waals surface area contributed by atoms with Crippen LogP contribution in [0.25, 0.3) is 11.1 Å². The van der Waals surface area contributed by atoms with E-state index in [9.17, 15) is 14.4 Å². The Bertz CT molecular complexity index is 1050. The molecule has 0 atom stereocenters. The lowest BCUT2D eigenvalue weighted by Crippen LogP contribution is -2.15. The molecule has 0 aliphatic carbocycles. The van der Waals surface area contributed by atoms with Gasteiger partial charge >= 0.3 is 17.9 Å². The van der Waals surface area contributed by atoms with Crippen molar-refractivity contribution in [3.8, 4) is 16.9 Å². The third kappa shape index (κ3) is 8.01. The van der Waals surface area contributed by atoms with Crippen LogP contribution in [0.4, 0.5) is 0 Å². The summed E-state index contributed by atoms with van der Waals surface area (Å²) < 4.78 is 20.6. The molecule has 7 nitrogen and oxygen atoms in total. The Balaban J connectivity index is 2.15. The van der Waals surface area contributed by atoms with E-state index in [0.29, 0.717) is 29.9 Å². The Labute approximate surface area is 200 Å². The van der Waals surface area contributed by atoms with Gasteiger partial charge < -0.3 is 18.9 Å². The van der Waals surface area contributed by atoms with Crippen molar-refractivity contribution in [3.63, 3.8) is 0 Å². The van der Waals surface area contributed by atoms with Crippen LogP contribution in [0.1, 0.15) is 36.2 Å². The molecule has 0 bridgehead atoms. The molecular weight excluding hydrogens is 436 g/mol. The maximum absolute atomic E-state index is 12.7. The van der Waals surface area contributed by atoms with E-state index in [1.807, 2.05) is 24.3 Å². The van der Waals surface area contributed by atoms with E-state index >= 15 is 0 Å². The third-order valence-corrected chi connectivity index (χ3v) is 4.76. The number of hydrogen-bond donors (Lipinski definition) is 0. The maximum atomic E-state index is 12.7. The predicted octanol–water partition coefficient (Wildman–Crippen LogP) is 4.69. The fourth-order valence-electron chi connectivity index (χ4n) is 2.97. The highest BCUT2D eigenvalue weighted by Gasteiger charge is 2.15. The largest absolute Gasteiger partial charge is 0.459 e. The average Bonchev–Trinajstić information content (AvgIpc) is 2.82. The molecule has 0 fully saturated rings. The summed E-state index contributed by atoms with van der Waals surface area (Å²) >= 11 is 0. The minimum Gasteiger partial charge on any atom is -0.459 e. The Morgan fingerprint density at radius 3 is 2.03 bits per heavy atom. The number of aryl methyl sites for hydroxylation is 1. The summed E-state index contributed by atoms with van der Waals surface area (Å²) in [5.74, 6) is -1.08. The Morgan fingerprint density at radius 2 is 1.41 bits per heavy atom. The summed E-state index contributed by atoms with van der Waals surface area (Å²) in [7, 11) is 1.63. The molecule has 2 aromatic rings. The monoisotopic (exact) mass is 466 g/mol. The van der Waals surface area contributed by atoms with Gasteiger partial charge in [0.25, 0.3) is 0 Å². The van der Waals surface area contributed by atoms with Crippen molar-refractivity contribution in [3.05, 3.63) is 77.9 Å². The standard InChI is InChI=1S/C27H30O7/c1-18(2)25(28)32-15-16-33-27(30)24-13-10-21(17-22(24)7-6-14-31-5)20-8-11-23(12-9-20)34-26(29)19(3)4/h8-13,17H,1,3,6-7,14-16H2,2,4-5H3. The molecule has 0 heterocycles. The Hall–Kier alpha value is -3.71. The van der Waals surface area contributed by atoms with Gasteiger partial charge in [-0.2, -0.15) is 0 Å². The van der Waals surface area contributed by atoms with E-state index in [0.717, 1.165) is 23.1 Å². The number of carbonyl (C=O) groups is 3. The second-order valence-corrected chi connectivity index (χ2v) is 7.71. The zero-order valence-corrected chi connectivity index (χ0v) is 19.8. The molecule has 0 N–H and O–H groups in total. The van der Waals surface area contributed by atoms with E-state index < -0.39 is 17.9 Å². The summed E-state index contributed by atoms with van der Waals surface area (Å²) in [5, 5.41) is 0. The van der Waals surface area contributed by atoms with Crippen LogP contribution in [0.15, 0.2) is 66.8 Å². The second-order valence-electron chi connectivity index (χ2n) is 7.71. The smallest absolute Gasteiger partial charge is 0.338 e. The van der Waals surface area contributed by atoms with Gasteiger partial charge in [-0.15, -0.1) is 0 Å². The predicted molar refractivity (Wildman–Crippen MR) is 129 cm³/mol. The first kappa shape index (κ1) is 26.5. The van der Waals surface area contributed by atoms with Crippen LogP contribution in [0.3, 0.4) is 0 Å². The summed E-state index contributed by atoms with van der Waals surface area (Å²) in [4.78, 5) is 35.8. The van der Waals surface area contributed by atoms with Crippen molar-refractivity contribution in [2.45, 2.75) is 26.7 Å². The molecule has 0 saturated heterocycles. The van der Waals surface area contributed by atoms with E-state index in [4.69, 9.17) is 18.9 Å². The molecule has 0 amide bonds. The minimum atomic E-state index is -0.527. The van der Waals surface area contributed by atoms with Gasteiger partial charge in [-0.25, -0.2) is 14.4 Å². The van der Waals surface area contributed by atoms with Gasteiger partial charge in [0, 0.05) is 24.9 Å². The lowest BCUT2D eigenvalue weighted by molar-refractivity contribution is -0.140. The molecule has 0 spiro atoms. The molecule has 0 aliphatic heterocycles. The Kier molecular flexibility index (Phi) is 10.2. The summed E-state index contributed by atoms with van der Waals surface area (Å²) in [5.41, 5.74) is 3.66. The van der Waals surface area contributed by atoms with Gasteiger partial charge in [-0.3, -0.25) is 0 Å². The maximum Gasteiger partial charge on any atom is 0.338 e. The molecule has 0 radical (unpaired) electrons. The van der Waals surface area contributed by atoms with E-state index in [1.54, 1.807) is 39.2 Å². The zero-order valence-electron chi connectivity index (χ0n) is 19.8. The highest BCUT2D eigenvalue weighted by atomic mass is 16.6. The average molecular weight is 467 g/mol. The lowest BCUT2D eigenvalue weighted by Gasteiger charge is -2.13. The molecular formula is C27H30O7. The topological polar surface area (TPSA) is 88.1 Å². The third-order valence-electron chi connectivity index (χ3n) is 4.76. The first-order valence-corrected chi connectivity index (χ1v) is 10.8. The van der Waals surface area contributed by atoms with Crippen molar-refractivity contribution >= 4 is 17.9 Å². The first-order valence-electron chi connectivity index (χ1n) is 10.8. The Morgan fingerprint density at radius 1 is 0.794 bits per heavy atom. The van der Waals surface area contributed by atoms with Gasteiger partial charge in [0.05, 0.1) is 5.56 Å².